The highest BCUT2D eigenvalue weighted by Gasteiger charge is 2.25. The molecule has 0 N–H and O–H groups in total. The van der Waals surface area contributed by atoms with Crippen molar-refractivity contribution in [3.8, 4) is 0 Å². The Morgan fingerprint density at radius 1 is 1.13 bits per heavy atom. The molecule has 2 aromatic carbocycles. The van der Waals surface area contributed by atoms with E-state index in [-0.39, 0.29) is 17.3 Å². The number of ether oxygens (including phenoxy) is 1. The largest absolute Gasteiger partial charge is 0.402 e. The third-order valence-electron chi connectivity index (χ3n) is 3.13. The van der Waals surface area contributed by atoms with Gasteiger partial charge in [-0.15, -0.1) is 0 Å². The highest BCUT2D eigenvalue weighted by molar-refractivity contribution is 9.10. The molecule has 114 valence electrons. The summed E-state index contributed by atoms with van der Waals surface area (Å²) in [4.78, 5) is 26.3. The molecule has 0 spiro atoms. The minimum Gasteiger partial charge on any atom is -0.402 e. The van der Waals surface area contributed by atoms with E-state index in [9.17, 15) is 14.9 Å². The van der Waals surface area contributed by atoms with Gasteiger partial charge in [-0.2, -0.15) is 0 Å². The van der Waals surface area contributed by atoms with Crippen molar-refractivity contribution in [1.29, 1.82) is 0 Å². The molecule has 0 unspecified atom stereocenters. The molecule has 0 radical (unpaired) electrons. The number of hydrogen-bond donors (Lipinski definition) is 0. The molecule has 0 aromatic heterocycles. The van der Waals surface area contributed by atoms with Gasteiger partial charge in [0.15, 0.2) is 5.70 Å². The SMILES string of the molecule is O=C1OC(c2ccccc2Br)=N/C1=C/c1ccc([N+](=O)[O-])cc1. The molecule has 0 atom stereocenters. The van der Waals surface area contributed by atoms with Crippen LogP contribution in [-0.4, -0.2) is 16.8 Å². The lowest BCUT2D eigenvalue weighted by Crippen LogP contribution is -2.05. The van der Waals surface area contributed by atoms with Gasteiger partial charge >= 0.3 is 5.97 Å². The second kappa shape index (κ2) is 6.13. The third-order valence-corrected chi connectivity index (χ3v) is 3.82. The molecule has 23 heavy (non-hydrogen) atoms. The standard InChI is InChI=1S/C16H9BrN2O4/c17-13-4-2-1-3-12(13)15-18-14(16(20)23-15)9-10-5-7-11(8-6-10)19(21)22/h1-9H/b14-9+. The van der Waals surface area contributed by atoms with E-state index in [0.717, 1.165) is 4.47 Å². The van der Waals surface area contributed by atoms with Gasteiger partial charge in [-0.1, -0.05) is 12.1 Å². The maximum absolute atomic E-state index is 11.9. The summed E-state index contributed by atoms with van der Waals surface area (Å²) in [7, 11) is 0. The molecule has 6 nitrogen and oxygen atoms in total. The summed E-state index contributed by atoms with van der Waals surface area (Å²) >= 11 is 3.38. The van der Waals surface area contributed by atoms with Crippen LogP contribution in [0.15, 0.2) is 63.7 Å². The van der Waals surface area contributed by atoms with Crippen LogP contribution in [0.3, 0.4) is 0 Å². The molecular weight excluding hydrogens is 364 g/mol. The zero-order valence-electron chi connectivity index (χ0n) is 11.6. The van der Waals surface area contributed by atoms with Crippen LogP contribution in [0.5, 0.6) is 0 Å². The number of nitro groups is 1. The summed E-state index contributed by atoms with van der Waals surface area (Å²) in [6, 6.07) is 13.1. The molecule has 1 aliphatic rings. The molecule has 7 heteroatoms. The van der Waals surface area contributed by atoms with E-state index >= 15 is 0 Å². The van der Waals surface area contributed by atoms with Crippen LogP contribution in [0.25, 0.3) is 6.08 Å². The van der Waals surface area contributed by atoms with Crippen molar-refractivity contribution in [1.82, 2.24) is 0 Å². The highest BCUT2D eigenvalue weighted by Crippen LogP contribution is 2.24. The van der Waals surface area contributed by atoms with Gasteiger partial charge in [0.05, 0.1) is 10.5 Å². The van der Waals surface area contributed by atoms with E-state index in [1.807, 2.05) is 18.2 Å². The topological polar surface area (TPSA) is 81.8 Å². The Morgan fingerprint density at radius 3 is 2.48 bits per heavy atom. The van der Waals surface area contributed by atoms with E-state index in [4.69, 9.17) is 4.74 Å². The van der Waals surface area contributed by atoms with Crippen LogP contribution in [0.4, 0.5) is 5.69 Å². The number of rotatable bonds is 3. The average Bonchev–Trinajstić information content (AvgIpc) is 2.89. The summed E-state index contributed by atoms with van der Waals surface area (Å²) in [6.07, 6.45) is 1.52. The van der Waals surface area contributed by atoms with Crippen molar-refractivity contribution in [3.05, 3.63) is 79.9 Å². The fourth-order valence-corrected chi connectivity index (χ4v) is 2.46. The number of halogens is 1. The fraction of sp³-hybridized carbons (Fsp3) is 0. The average molecular weight is 373 g/mol. The molecule has 2 aromatic rings. The first kappa shape index (κ1) is 15.1. The number of carbonyl (C=O) groups excluding carboxylic acids is 1. The number of nitrogens with zero attached hydrogens (tertiary/aromatic N) is 2. The molecule has 0 amide bonds. The predicted octanol–water partition coefficient (Wildman–Crippen LogP) is 3.70. The molecule has 1 heterocycles. The summed E-state index contributed by atoms with van der Waals surface area (Å²) < 4.78 is 5.95. The van der Waals surface area contributed by atoms with Crippen LogP contribution >= 0.6 is 15.9 Å². The van der Waals surface area contributed by atoms with E-state index < -0.39 is 10.9 Å². The van der Waals surface area contributed by atoms with Crippen molar-refractivity contribution in [2.75, 3.05) is 0 Å². The van der Waals surface area contributed by atoms with Gasteiger partial charge in [-0.3, -0.25) is 10.1 Å². The predicted molar refractivity (Wildman–Crippen MR) is 87.8 cm³/mol. The zero-order valence-corrected chi connectivity index (χ0v) is 13.2. The fourth-order valence-electron chi connectivity index (χ4n) is 2.01. The van der Waals surface area contributed by atoms with Crippen molar-refractivity contribution in [3.63, 3.8) is 0 Å². The van der Waals surface area contributed by atoms with Gasteiger partial charge in [-0.25, -0.2) is 9.79 Å². The Hall–Kier alpha value is -2.80. The van der Waals surface area contributed by atoms with Gasteiger partial charge in [0, 0.05) is 16.6 Å². The van der Waals surface area contributed by atoms with Crippen LogP contribution in [0.1, 0.15) is 11.1 Å². The van der Waals surface area contributed by atoms with Gasteiger partial charge in [-0.05, 0) is 51.8 Å². The lowest BCUT2D eigenvalue weighted by molar-refractivity contribution is -0.384. The second-order valence-electron chi connectivity index (χ2n) is 4.66. The summed E-state index contributed by atoms with van der Waals surface area (Å²) in [5, 5.41) is 10.6. The smallest absolute Gasteiger partial charge is 0.363 e. The van der Waals surface area contributed by atoms with Crippen LogP contribution < -0.4 is 0 Å². The number of benzene rings is 2. The number of carbonyl (C=O) groups is 1. The lowest BCUT2D eigenvalue weighted by Gasteiger charge is -2.01. The maximum atomic E-state index is 11.9. The summed E-state index contributed by atoms with van der Waals surface area (Å²) in [5.41, 5.74) is 1.43. The number of esters is 1. The van der Waals surface area contributed by atoms with Gasteiger partial charge in [0.2, 0.25) is 5.90 Å². The first-order valence-corrected chi connectivity index (χ1v) is 7.36. The highest BCUT2D eigenvalue weighted by atomic mass is 79.9. The van der Waals surface area contributed by atoms with E-state index in [1.165, 1.54) is 18.2 Å². The van der Waals surface area contributed by atoms with Crippen molar-refractivity contribution >= 4 is 39.6 Å². The van der Waals surface area contributed by atoms with Crippen molar-refractivity contribution in [2.45, 2.75) is 0 Å². The van der Waals surface area contributed by atoms with Crippen molar-refractivity contribution < 1.29 is 14.5 Å². The lowest BCUT2D eigenvalue weighted by atomic mass is 10.2. The van der Waals surface area contributed by atoms with Crippen LogP contribution in [0, 0.1) is 10.1 Å². The summed E-state index contributed by atoms with van der Waals surface area (Å²) in [5.74, 6) is -0.343. The third kappa shape index (κ3) is 3.19. The Morgan fingerprint density at radius 2 is 1.83 bits per heavy atom. The monoisotopic (exact) mass is 372 g/mol. The van der Waals surface area contributed by atoms with E-state index in [0.29, 0.717) is 11.1 Å². The Labute approximate surface area is 139 Å². The first-order valence-electron chi connectivity index (χ1n) is 6.56. The molecule has 1 aliphatic heterocycles. The van der Waals surface area contributed by atoms with Crippen molar-refractivity contribution in [2.24, 2.45) is 4.99 Å². The molecule has 0 aliphatic carbocycles. The molecule has 0 saturated heterocycles. The second-order valence-corrected chi connectivity index (χ2v) is 5.52. The summed E-state index contributed by atoms with van der Waals surface area (Å²) in [6.45, 7) is 0. The minimum atomic E-state index is -0.561. The van der Waals surface area contributed by atoms with Gasteiger partial charge in [0.25, 0.3) is 5.69 Å². The maximum Gasteiger partial charge on any atom is 0.363 e. The van der Waals surface area contributed by atoms with Gasteiger partial charge in [0.1, 0.15) is 0 Å². The molecule has 0 saturated carbocycles. The zero-order chi connectivity index (χ0) is 16.4. The number of aliphatic imine (C=N–C) groups is 1. The molecular formula is C16H9BrN2O4. The Bertz CT molecular complexity index is 857. The van der Waals surface area contributed by atoms with Crippen LogP contribution in [-0.2, 0) is 9.53 Å². The quantitative estimate of drug-likeness (QED) is 0.356. The number of cyclic esters (lactones) is 1. The molecule has 0 bridgehead atoms. The number of hydrogen-bond acceptors (Lipinski definition) is 5. The molecule has 0 fully saturated rings. The molecule has 3 rings (SSSR count). The first-order chi connectivity index (χ1) is 11.0. The Balaban J connectivity index is 1.92. The Kier molecular flexibility index (Phi) is 4.03. The normalized spacial score (nSPS) is 15.4. The number of non-ortho nitro benzene ring substituents is 1. The van der Waals surface area contributed by atoms with Crippen LogP contribution in [0.2, 0.25) is 0 Å². The van der Waals surface area contributed by atoms with E-state index in [2.05, 4.69) is 20.9 Å². The van der Waals surface area contributed by atoms with Gasteiger partial charge < -0.3 is 4.74 Å². The number of nitro benzene ring substituents is 1. The minimum absolute atomic E-state index is 0.0152. The van der Waals surface area contributed by atoms with E-state index in [1.54, 1.807) is 18.2 Å².